The Hall–Kier alpha value is -2.67. The SMILES string of the molecule is [2H]C([2H])(OP1(=O)OCc2ccccc2O1)[C@@]1(F)O[C@@]([2H])(n2cc(C=O)c(=O)[nH]c2=O)[C@H](O)[C@@H]1O. The highest BCUT2D eigenvalue weighted by atomic mass is 31.2. The Kier molecular flexibility index (Phi) is 4.51. The molecule has 0 bridgehead atoms. The van der Waals surface area contributed by atoms with Gasteiger partial charge in [-0.3, -0.25) is 28.2 Å². The number of rotatable bonds is 5. The van der Waals surface area contributed by atoms with E-state index < -0.39 is 55.5 Å². The highest BCUT2D eigenvalue weighted by Crippen LogP contribution is 2.55. The van der Waals surface area contributed by atoms with Crippen LogP contribution in [0.3, 0.4) is 0 Å². The number of benzene rings is 1. The van der Waals surface area contributed by atoms with Crippen LogP contribution in [0, 0.1) is 0 Å². The van der Waals surface area contributed by atoms with Crippen molar-refractivity contribution < 1.29 is 46.4 Å². The molecule has 2 aliphatic rings. The first-order valence-corrected chi connectivity index (χ1v) is 10.0. The van der Waals surface area contributed by atoms with Crippen molar-refractivity contribution in [1.82, 2.24) is 9.55 Å². The molecule has 31 heavy (non-hydrogen) atoms. The molecule has 0 spiro atoms. The largest absolute Gasteiger partial charge is 0.530 e. The van der Waals surface area contributed by atoms with Gasteiger partial charge in [0.2, 0.25) is 0 Å². The first-order chi connectivity index (χ1) is 15.8. The molecule has 0 amide bonds. The fourth-order valence-corrected chi connectivity index (χ4v) is 3.88. The van der Waals surface area contributed by atoms with E-state index in [1.54, 1.807) is 17.1 Å². The molecule has 4 rings (SSSR count). The lowest BCUT2D eigenvalue weighted by molar-refractivity contribution is -0.205. The zero-order valence-electron chi connectivity index (χ0n) is 18.3. The second kappa shape index (κ2) is 7.79. The number of aldehydes is 1. The Morgan fingerprint density at radius 2 is 2.19 bits per heavy atom. The molecule has 1 unspecified atom stereocenters. The van der Waals surface area contributed by atoms with E-state index >= 15 is 4.39 Å². The van der Waals surface area contributed by atoms with Gasteiger partial charge in [0.1, 0.15) is 24.5 Å². The number of hydrogen-bond donors (Lipinski definition) is 3. The van der Waals surface area contributed by atoms with Crippen molar-refractivity contribution in [3.05, 3.63) is 62.4 Å². The van der Waals surface area contributed by atoms with Gasteiger partial charge < -0.3 is 19.5 Å². The summed E-state index contributed by atoms with van der Waals surface area (Å²) in [5, 5.41) is 20.6. The lowest BCUT2D eigenvalue weighted by Gasteiger charge is -2.28. The fraction of sp³-hybridized carbons (Fsp3) is 0.353. The molecule has 2 aromatic rings. The van der Waals surface area contributed by atoms with E-state index in [4.69, 9.17) is 13.2 Å². The van der Waals surface area contributed by atoms with E-state index in [-0.39, 0.29) is 23.2 Å². The van der Waals surface area contributed by atoms with Gasteiger partial charge >= 0.3 is 13.5 Å². The van der Waals surface area contributed by atoms with Crippen molar-refractivity contribution in [2.24, 2.45) is 0 Å². The van der Waals surface area contributed by atoms with Gasteiger partial charge in [-0.2, -0.15) is 0 Å². The number of hydrogen-bond acceptors (Lipinski definition) is 10. The zero-order chi connectivity index (χ0) is 25.1. The standard InChI is InChI=1S/C17H16FN2O10P/c18-17(8-28-31(26)27-7-9-3-1-2-4-11(9)30-31)13(23)12(22)15(29-17)20-5-10(6-21)14(24)19-16(20)25/h1-6,12-13,15,22-23H,7-8H2,(H,19,24,25)/t12-,13+,15-,17-,31?/m1/s1/i8D2,15D. The number of para-hydroxylation sites is 1. The van der Waals surface area contributed by atoms with Crippen molar-refractivity contribution in [1.29, 1.82) is 0 Å². The highest BCUT2D eigenvalue weighted by molar-refractivity contribution is 7.49. The lowest BCUT2D eigenvalue weighted by Crippen LogP contribution is -2.43. The summed E-state index contributed by atoms with van der Waals surface area (Å²) >= 11 is 0. The molecule has 0 saturated carbocycles. The number of halogens is 1. The zero-order valence-corrected chi connectivity index (χ0v) is 16.2. The van der Waals surface area contributed by atoms with Crippen LogP contribution < -0.4 is 15.8 Å². The normalized spacial score (nSPS) is 36.5. The number of aliphatic hydroxyl groups is 2. The Morgan fingerprint density at radius 1 is 1.45 bits per heavy atom. The molecule has 3 heterocycles. The number of nitrogens with one attached hydrogen (secondary N) is 1. The van der Waals surface area contributed by atoms with Gasteiger partial charge in [-0.1, -0.05) is 18.2 Å². The van der Waals surface area contributed by atoms with E-state index in [1.165, 1.54) is 12.1 Å². The third-order valence-electron chi connectivity index (χ3n) is 4.38. The van der Waals surface area contributed by atoms with E-state index in [0.29, 0.717) is 11.8 Å². The summed E-state index contributed by atoms with van der Waals surface area (Å²) in [6.07, 6.45) is -8.44. The number of ether oxygens (including phenoxy) is 1. The van der Waals surface area contributed by atoms with Crippen LogP contribution in [0.5, 0.6) is 5.75 Å². The van der Waals surface area contributed by atoms with Crippen LogP contribution >= 0.6 is 7.82 Å². The first-order valence-electron chi connectivity index (χ1n) is 10.1. The van der Waals surface area contributed by atoms with Crippen molar-refractivity contribution in [2.75, 3.05) is 6.56 Å². The second-order valence-corrected chi connectivity index (χ2v) is 7.94. The Labute approximate surface area is 176 Å². The van der Waals surface area contributed by atoms with E-state index in [2.05, 4.69) is 9.26 Å². The summed E-state index contributed by atoms with van der Waals surface area (Å²) in [5.74, 6) is -4.14. The molecule has 2 aliphatic heterocycles. The van der Waals surface area contributed by atoms with Crippen molar-refractivity contribution in [3.8, 4) is 5.75 Å². The molecule has 5 atom stereocenters. The Bertz CT molecular complexity index is 1320. The number of phosphoric acid groups is 1. The van der Waals surface area contributed by atoms with Gasteiger partial charge in [-0.05, 0) is 6.07 Å². The number of carbonyl (C=O) groups excluding carboxylic acids is 1. The summed E-state index contributed by atoms with van der Waals surface area (Å²) in [5.41, 5.74) is -2.91. The molecule has 1 fully saturated rings. The number of aliphatic hydroxyl groups excluding tert-OH is 2. The number of fused-ring (bicyclic) bond motifs is 1. The maximum Gasteiger partial charge on any atom is 0.530 e. The van der Waals surface area contributed by atoms with Crippen LogP contribution in [0.4, 0.5) is 4.39 Å². The number of alkyl halides is 1. The molecule has 1 aromatic carbocycles. The summed E-state index contributed by atoms with van der Waals surface area (Å²) in [4.78, 5) is 36.4. The molecular weight excluding hydrogens is 442 g/mol. The maximum absolute atomic E-state index is 15.8. The molecule has 3 N–H and O–H groups in total. The topological polar surface area (TPSA) is 166 Å². The number of nitrogens with zero attached hydrogens (tertiary/aromatic N) is 1. The lowest BCUT2D eigenvalue weighted by atomic mass is 10.1. The second-order valence-electron chi connectivity index (χ2n) is 6.42. The predicted octanol–water partition coefficient (Wildman–Crippen LogP) is -0.000600. The summed E-state index contributed by atoms with van der Waals surface area (Å²) in [6, 6.07) is 6.03. The fourth-order valence-electron chi connectivity index (χ4n) is 2.79. The summed E-state index contributed by atoms with van der Waals surface area (Å²) in [6.45, 7) is -4.27. The average Bonchev–Trinajstić information content (AvgIpc) is 2.94. The van der Waals surface area contributed by atoms with Crippen LogP contribution in [-0.4, -0.2) is 50.7 Å². The number of aromatic amines is 1. The minimum absolute atomic E-state index is 0.00950. The molecule has 14 heteroatoms. The average molecular weight is 461 g/mol. The number of aromatic nitrogens is 2. The van der Waals surface area contributed by atoms with Gasteiger partial charge in [0.05, 0.1) is 16.3 Å². The Balaban J connectivity index is 1.69. The molecule has 0 aliphatic carbocycles. The molecule has 166 valence electrons. The number of carbonyl (C=O) groups is 1. The molecule has 12 nitrogen and oxygen atoms in total. The van der Waals surface area contributed by atoms with E-state index in [1.807, 2.05) is 0 Å². The van der Waals surface area contributed by atoms with Crippen LogP contribution in [0.15, 0.2) is 40.1 Å². The van der Waals surface area contributed by atoms with Crippen LogP contribution in [0.1, 0.15) is 26.2 Å². The number of H-pyrrole nitrogens is 1. The van der Waals surface area contributed by atoms with Gasteiger partial charge in [0.15, 0.2) is 12.5 Å². The summed E-state index contributed by atoms with van der Waals surface area (Å²) in [7, 11) is -4.86. The highest BCUT2D eigenvalue weighted by Gasteiger charge is 2.57. The first kappa shape index (κ1) is 18.0. The van der Waals surface area contributed by atoms with Gasteiger partial charge in [-0.25, -0.2) is 13.8 Å². The van der Waals surface area contributed by atoms with Crippen molar-refractivity contribution >= 4 is 14.1 Å². The van der Waals surface area contributed by atoms with Gasteiger partial charge in [-0.15, -0.1) is 0 Å². The van der Waals surface area contributed by atoms with Crippen LogP contribution in [-0.2, 0) is 25.0 Å². The number of phosphoric ester groups is 1. The van der Waals surface area contributed by atoms with Gasteiger partial charge in [0.25, 0.3) is 11.4 Å². The summed E-state index contributed by atoms with van der Waals surface area (Å²) < 4.78 is 72.1. The molecule has 1 aromatic heterocycles. The Morgan fingerprint density at radius 3 is 2.94 bits per heavy atom. The van der Waals surface area contributed by atoms with Crippen LogP contribution in [0.25, 0.3) is 0 Å². The van der Waals surface area contributed by atoms with Gasteiger partial charge in [0, 0.05) is 11.8 Å². The van der Waals surface area contributed by atoms with E-state index in [9.17, 15) is 29.2 Å². The van der Waals surface area contributed by atoms with E-state index in [0.717, 1.165) is 0 Å². The molecule has 0 radical (unpaired) electrons. The van der Waals surface area contributed by atoms with Crippen molar-refractivity contribution in [2.45, 2.75) is 30.9 Å². The van der Waals surface area contributed by atoms with Crippen molar-refractivity contribution in [3.63, 3.8) is 0 Å². The minimum atomic E-state index is -4.86. The quantitative estimate of drug-likeness (QED) is 0.407. The van der Waals surface area contributed by atoms with Crippen LogP contribution in [0.2, 0.25) is 0 Å². The smallest absolute Gasteiger partial charge is 0.404 e. The molecular formula is C17H16FN2O10P. The third-order valence-corrected chi connectivity index (χ3v) is 5.56. The maximum atomic E-state index is 15.8. The third kappa shape index (κ3) is 3.87. The monoisotopic (exact) mass is 461 g/mol. The minimum Gasteiger partial charge on any atom is -0.404 e. The predicted molar refractivity (Wildman–Crippen MR) is 98.1 cm³/mol. The molecule has 1 saturated heterocycles.